The number of halogens is 2. The first-order valence-electron chi connectivity index (χ1n) is 12.8. The summed E-state index contributed by atoms with van der Waals surface area (Å²) in [4.78, 5) is 28.6. The fourth-order valence-corrected chi connectivity index (χ4v) is 6.75. The molecule has 0 aromatic heterocycles. The van der Waals surface area contributed by atoms with Crippen LogP contribution in [0.25, 0.3) is 10.8 Å². The summed E-state index contributed by atoms with van der Waals surface area (Å²) in [5, 5.41) is 3.00. The minimum atomic E-state index is -0.441. The molecule has 6 rings (SSSR count). The van der Waals surface area contributed by atoms with Gasteiger partial charge in [0.15, 0.2) is 17.3 Å². The Kier molecular flexibility index (Phi) is 6.34. The number of hydrogen-bond donors (Lipinski definition) is 0. The molecule has 2 aliphatic carbocycles. The maximum absolute atomic E-state index is 13.2. The van der Waals surface area contributed by atoms with Gasteiger partial charge >= 0.3 is 0 Å². The van der Waals surface area contributed by atoms with Gasteiger partial charge in [-0.25, -0.2) is 0 Å². The van der Waals surface area contributed by atoms with Gasteiger partial charge in [0.1, 0.15) is 6.61 Å². The van der Waals surface area contributed by atoms with E-state index in [0.717, 1.165) is 70.1 Å². The van der Waals surface area contributed by atoms with Crippen LogP contribution in [-0.2, 0) is 16.2 Å². The van der Waals surface area contributed by atoms with Gasteiger partial charge < -0.3 is 9.64 Å². The molecule has 37 heavy (non-hydrogen) atoms. The molecule has 3 aromatic rings. The van der Waals surface area contributed by atoms with E-state index in [1.54, 1.807) is 0 Å². The van der Waals surface area contributed by atoms with Crippen molar-refractivity contribution in [2.45, 2.75) is 51.0 Å². The second kappa shape index (κ2) is 9.66. The van der Waals surface area contributed by atoms with Crippen LogP contribution < -0.4 is 4.74 Å². The highest BCUT2D eigenvalue weighted by molar-refractivity contribution is 6.37. The Bertz CT molecular complexity index is 1450. The van der Waals surface area contributed by atoms with E-state index in [2.05, 4.69) is 23.1 Å². The molecule has 0 N–H and O–H groups in total. The third-order valence-electron chi connectivity index (χ3n) is 7.85. The summed E-state index contributed by atoms with van der Waals surface area (Å²) in [7, 11) is 1.99. The second-order valence-corrected chi connectivity index (χ2v) is 10.8. The van der Waals surface area contributed by atoms with Gasteiger partial charge in [0.25, 0.3) is 0 Å². The molecule has 0 saturated carbocycles. The van der Waals surface area contributed by atoms with Gasteiger partial charge in [0.05, 0.1) is 10.0 Å². The molecule has 0 fully saturated rings. The van der Waals surface area contributed by atoms with E-state index in [-0.39, 0.29) is 11.6 Å². The van der Waals surface area contributed by atoms with Crippen LogP contribution in [0.15, 0.2) is 77.1 Å². The van der Waals surface area contributed by atoms with Crippen molar-refractivity contribution in [3.63, 3.8) is 0 Å². The molecule has 0 bridgehead atoms. The van der Waals surface area contributed by atoms with Crippen molar-refractivity contribution in [2.75, 3.05) is 7.05 Å². The van der Waals surface area contributed by atoms with E-state index in [1.807, 2.05) is 43.4 Å². The molecule has 4 nitrogen and oxygen atoms in total. The van der Waals surface area contributed by atoms with Gasteiger partial charge in [-0.1, -0.05) is 65.7 Å². The number of allylic oxidation sites excluding steroid dienone is 4. The van der Waals surface area contributed by atoms with Gasteiger partial charge in [-0.05, 0) is 59.7 Å². The van der Waals surface area contributed by atoms with Gasteiger partial charge in [-0.3, -0.25) is 9.59 Å². The van der Waals surface area contributed by atoms with E-state index >= 15 is 0 Å². The number of fused-ring (bicyclic) bond motifs is 1. The largest absolute Gasteiger partial charge is 0.486 e. The van der Waals surface area contributed by atoms with Crippen molar-refractivity contribution in [3.05, 3.63) is 98.3 Å². The Morgan fingerprint density at radius 3 is 2.08 bits per heavy atom. The van der Waals surface area contributed by atoms with Crippen molar-refractivity contribution in [1.29, 1.82) is 0 Å². The monoisotopic (exact) mass is 531 g/mol. The zero-order valence-corrected chi connectivity index (χ0v) is 22.2. The van der Waals surface area contributed by atoms with Crippen molar-refractivity contribution in [2.24, 2.45) is 0 Å². The quantitative estimate of drug-likeness (QED) is 0.345. The Hall–Kier alpha value is -3.08. The van der Waals surface area contributed by atoms with Gasteiger partial charge in [-0.2, -0.15) is 0 Å². The molecule has 0 radical (unpaired) electrons. The van der Waals surface area contributed by atoms with Crippen LogP contribution in [0.4, 0.5) is 0 Å². The maximum atomic E-state index is 13.2. The normalized spacial score (nSPS) is 18.4. The first kappa shape index (κ1) is 24.3. The fourth-order valence-electron chi connectivity index (χ4n) is 6.14. The number of carbonyl (C=O) groups excluding carboxylic acids is 2. The summed E-state index contributed by atoms with van der Waals surface area (Å²) in [6, 6.07) is 17.9. The van der Waals surface area contributed by atoms with Crippen molar-refractivity contribution in [1.82, 2.24) is 4.90 Å². The average Bonchev–Trinajstić information content (AvgIpc) is 2.89. The molecule has 6 heteroatoms. The smallest absolute Gasteiger partial charge is 0.161 e. The van der Waals surface area contributed by atoms with Crippen LogP contribution in [0.2, 0.25) is 10.0 Å². The lowest BCUT2D eigenvalue weighted by molar-refractivity contribution is -0.117. The van der Waals surface area contributed by atoms with E-state index < -0.39 is 5.92 Å². The summed E-state index contributed by atoms with van der Waals surface area (Å²) in [6.07, 6.45) is 4.29. The molecule has 1 heterocycles. The zero-order valence-electron chi connectivity index (χ0n) is 20.7. The Balaban J connectivity index is 1.39. The van der Waals surface area contributed by atoms with Crippen molar-refractivity contribution >= 4 is 45.5 Å². The molecule has 3 aromatic carbocycles. The SMILES string of the molecule is CN1C2=C(C(=O)CCC2)C(c2cc(Cl)c(OCc3cccc4ccccc34)c(Cl)c2)C2=C1CCCC2=O. The molecule has 188 valence electrons. The number of carbonyl (C=O) groups is 2. The summed E-state index contributed by atoms with van der Waals surface area (Å²) in [6.45, 7) is 0.315. The Morgan fingerprint density at radius 1 is 0.838 bits per heavy atom. The maximum Gasteiger partial charge on any atom is 0.161 e. The minimum absolute atomic E-state index is 0.103. The van der Waals surface area contributed by atoms with E-state index in [0.29, 0.717) is 35.2 Å². The number of rotatable bonds is 4. The number of ketones is 2. The summed E-state index contributed by atoms with van der Waals surface area (Å²) >= 11 is 13.5. The first-order valence-corrected chi connectivity index (χ1v) is 13.5. The number of Topliss-reactive ketones (excluding diaryl/α,β-unsaturated/α-hetero) is 2. The van der Waals surface area contributed by atoms with Gasteiger partial charge in [-0.15, -0.1) is 0 Å². The zero-order chi connectivity index (χ0) is 25.7. The molecular weight excluding hydrogens is 505 g/mol. The average molecular weight is 532 g/mol. The van der Waals surface area contributed by atoms with Crippen molar-refractivity contribution in [3.8, 4) is 5.75 Å². The Labute approximate surface area is 226 Å². The van der Waals surface area contributed by atoms with E-state index in [9.17, 15) is 9.59 Å². The lowest BCUT2D eigenvalue weighted by Gasteiger charge is -2.42. The fraction of sp³-hybridized carbons (Fsp3) is 0.290. The predicted molar refractivity (Wildman–Crippen MR) is 147 cm³/mol. The lowest BCUT2D eigenvalue weighted by atomic mass is 9.71. The molecule has 0 atom stereocenters. The van der Waals surface area contributed by atoms with Gasteiger partial charge in [0, 0.05) is 48.3 Å². The molecule has 0 unspecified atom stereocenters. The van der Waals surface area contributed by atoms with E-state index in [4.69, 9.17) is 27.9 Å². The van der Waals surface area contributed by atoms with Crippen LogP contribution in [-0.4, -0.2) is 23.5 Å². The van der Waals surface area contributed by atoms with Crippen LogP contribution in [0, 0.1) is 0 Å². The van der Waals surface area contributed by atoms with Crippen LogP contribution >= 0.6 is 23.2 Å². The minimum Gasteiger partial charge on any atom is -0.486 e. The standard InChI is InChI=1S/C31H27Cl2NO3/c1-34-24-11-5-13-26(35)29(24)28(30-25(34)12-6-14-27(30)36)20-15-22(32)31(23(33)16-20)37-17-19-9-4-8-18-7-2-3-10-21(18)19/h2-4,7-10,15-16,28H,5-6,11-14,17H2,1H3. The van der Waals surface area contributed by atoms with Crippen LogP contribution in [0.3, 0.4) is 0 Å². The molecule has 0 spiro atoms. The third kappa shape index (κ3) is 4.17. The summed E-state index contributed by atoms with van der Waals surface area (Å²) < 4.78 is 6.15. The van der Waals surface area contributed by atoms with Crippen LogP contribution in [0.5, 0.6) is 5.75 Å². The lowest BCUT2D eigenvalue weighted by Crippen LogP contribution is -2.37. The Morgan fingerprint density at radius 2 is 1.43 bits per heavy atom. The number of benzene rings is 3. The second-order valence-electron chi connectivity index (χ2n) is 10.0. The molecule has 0 amide bonds. The summed E-state index contributed by atoms with van der Waals surface area (Å²) in [5.41, 5.74) is 5.30. The third-order valence-corrected chi connectivity index (χ3v) is 8.41. The highest BCUT2D eigenvalue weighted by atomic mass is 35.5. The molecular formula is C31H27Cl2NO3. The van der Waals surface area contributed by atoms with Gasteiger partial charge in [0.2, 0.25) is 0 Å². The van der Waals surface area contributed by atoms with Crippen LogP contribution in [0.1, 0.15) is 55.6 Å². The topological polar surface area (TPSA) is 46.6 Å². The highest BCUT2D eigenvalue weighted by Gasteiger charge is 2.42. The number of nitrogens with zero attached hydrogens (tertiary/aromatic N) is 1. The molecule has 0 saturated heterocycles. The predicted octanol–water partition coefficient (Wildman–Crippen LogP) is 7.77. The number of hydrogen-bond acceptors (Lipinski definition) is 4. The number of ether oxygens (including phenoxy) is 1. The van der Waals surface area contributed by atoms with Crippen molar-refractivity contribution < 1.29 is 14.3 Å². The molecule has 1 aliphatic heterocycles. The molecule has 3 aliphatic rings. The van der Waals surface area contributed by atoms with E-state index in [1.165, 1.54) is 0 Å². The summed E-state index contributed by atoms with van der Waals surface area (Å²) in [5.74, 6) is 0.170. The first-order chi connectivity index (χ1) is 17.9. The highest BCUT2D eigenvalue weighted by Crippen LogP contribution is 2.50.